The minimum absolute atomic E-state index is 0.488. The minimum atomic E-state index is 0.488. The summed E-state index contributed by atoms with van der Waals surface area (Å²) < 4.78 is 0. The zero-order valence-electron chi connectivity index (χ0n) is 8.02. The topological polar surface area (TPSA) is 36.1 Å². The van der Waals surface area contributed by atoms with E-state index in [2.05, 4.69) is 41.1 Å². The lowest BCUT2D eigenvalue weighted by Gasteiger charge is -2.27. The molecule has 0 spiro atoms. The van der Waals surface area contributed by atoms with Crippen molar-refractivity contribution in [2.45, 2.75) is 13.0 Å². The third-order valence-corrected chi connectivity index (χ3v) is 2.32. The van der Waals surface area contributed by atoms with Gasteiger partial charge in [-0.15, -0.1) is 0 Å². The summed E-state index contributed by atoms with van der Waals surface area (Å²) >= 11 is 0. The van der Waals surface area contributed by atoms with Crippen LogP contribution in [0.2, 0.25) is 0 Å². The standard InChI is InChI=1S/C10H15N3/c1-7-6-12-9-5-3-4-8(11-2)10(9)13-7/h3-5,7,11-13H,6H2,1-2H3. The van der Waals surface area contributed by atoms with Gasteiger partial charge >= 0.3 is 0 Å². The highest BCUT2D eigenvalue weighted by atomic mass is 15.1. The summed E-state index contributed by atoms with van der Waals surface area (Å²) in [6.45, 7) is 3.16. The van der Waals surface area contributed by atoms with Crippen molar-refractivity contribution in [1.82, 2.24) is 0 Å². The number of fused-ring (bicyclic) bond motifs is 1. The average Bonchev–Trinajstić information content (AvgIpc) is 2.17. The fraction of sp³-hybridized carbons (Fsp3) is 0.400. The normalized spacial score (nSPS) is 19.7. The highest BCUT2D eigenvalue weighted by molar-refractivity contribution is 5.83. The zero-order valence-corrected chi connectivity index (χ0v) is 8.02. The van der Waals surface area contributed by atoms with Crippen LogP contribution in [0.5, 0.6) is 0 Å². The van der Waals surface area contributed by atoms with E-state index in [1.165, 1.54) is 11.4 Å². The molecule has 0 bridgehead atoms. The number of rotatable bonds is 1. The smallest absolute Gasteiger partial charge is 0.0814 e. The van der Waals surface area contributed by atoms with Crippen LogP contribution in [0.3, 0.4) is 0 Å². The molecule has 1 heterocycles. The molecule has 3 heteroatoms. The largest absolute Gasteiger partial charge is 0.386 e. The van der Waals surface area contributed by atoms with Crippen molar-refractivity contribution in [1.29, 1.82) is 0 Å². The van der Waals surface area contributed by atoms with E-state index in [0.717, 1.165) is 12.2 Å². The van der Waals surface area contributed by atoms with Crippen molar-refractivity contribution < 1.29 is 0 Å². The molecule has 13 heavy (non-hydrogen) atoms. The Hall–Kier alpha value is -1.38. The molecule has 0 saturated carbocycles. The SMILES string of the molecule is CNc1cccc2c1NC(C)CN2. The molecular weight excluding hydrogens is 162 g/mol. The summed E-state index contributed by atoms with van der Waals surface area (Å²) in [5.74, 6) is 0. The van der Waals surface area contributed by atoms with Crippen molar-refractivity contribution in [3.63, 3.8) is 0 Å². The van der Waals surface area contributed by atoms with Gasteiger partial charge in [-0.25, -0.2) is 0 Å². The Morgan fingerprint density at radius 3 is 3.08 bits per heavy atom. The van der Waals surface area contributed by atoms with Gasteiger partial charge in [0.1, 0.15) is 0 Å². The van der Waals surface area contributed by atoms with Crippen LogP contribution >= 0.6 is 0 Å². The minimum Gasteiger partial charge on any atom is -0.386 e. The van der Waals surface area contributed by atoms with Gasteiger partial charge in [-0.2, -0.15) is 0 Å². The Morgan fingerprint density at radius 2 is 2.31 bits per heavy atom. The highest BCUT2D eigenvalue weighted by Gasteiger charge is 2.15. The van der Waals surface area contributed by atoms with E-state index in [1.54, 1.807) is 0 Å². The molecule has 1 atom stereocenters. The molecule has 3 nitrogen and oxygen atoms in total. The van der Waals surface area contributed by atoms with Crippen LogP contribution in [0.25, 0.3) is 0 Å². The summed E-state index contributed by atoms with van der Waals surface area (Å²) in [4.78, 5) is 0. The van der Waals surface area contributed by atoms with Crippen molar-refractivity contribution in [3.8, 4) is 0 Å². The lowest BCUT2D eigenvalue weighted by Crippen LogP contribution is -2.30. The van der Waals surface area contributed by atoms with E-state index in [-0.39, 0.29) is 0 Å². The van der Waals surface area contributed by atoms with Gasteiger partial charge in [0.05, 0.1) is 17.1 Å². The molecule has 0 aromatic heterocycles. The lowest BCUT2D eigenvalue weighted by atomic mass is 10.1. The molecule has 70 valence electrons. The summed E-state index contributed by atoms with van der Waals surface area (Å²) in [5, 5.41) is 10.0. The monoisotopic (exact) mass is 177 g/mol. The van der Waals surface area contributed by atoms with Gasteiger partial charge in [-0.1, -0.05) is 6.07 Å². The van der Waals surface area contributed by atoms with Crippen molar-refractivity contribution in [3.05, 3.63) is 18.2 Å². The van der Waals surface area contributed by atoms with E-state index in [0.29, 0.717) is 6.04 Å². The van der Waals surface area contributed by atoms with Crippen LogP contribution < -0.4 is 16.0 Å². The Labute approximate surface area is 78.5 Å². The van der Waals surface area contributed by atoms with E-state index >= 15 is 0 Å². The van der Waals surface area contributed by atoms with Crippen LogP contribution in [-0.4, -0.2) is 19.6 Å². The maximum absolute atomic E-state index is 3.45. The molecule has 1 aromatic rings. The van der Waals surface area contributed by atoms with Gasteiger partial charge in [0, 0.05) is 19.6 Å². The molecule has 0 saturated heterocycles. The van der Waals surface area contributed by atoms with Gasteiger partial charge in [0.25, 0.3) is 0 Å². The molecule has 1 aromatic carbocycles. The Kier molecular flexibility index (Phi) is 2.00. The molecule has 2 rings (SSSR count). The molecule has 1 aliphatic rings. The number of nitrogens with one attached hydrogen (secondary N) is 3. The van der Waals surface area contributed by atoms with Crippen molar-refractivity contribution in [2.75, 3.05) is 29.5 Å². The first-order chi connectivity index (χ1) is 6.31. The molecular formula is C10H15N3. The molecule has 1 unspecified atom stereocenters. The molecule has 0 aliphatic carbocycles. The summed E-state index contributed by atoms with van der Waals surface area (Å²) in [6, 6.07) is 6.71. The van der Waals surface area contributed by atoms with Crippen LogP contribution in [0.4, 0.5) is 17.1 Å². The number of para-hydroxylation sites is 1. The van der Waals surface area contributed by atoms with Crippen LogP contribution in [0, 0.1) is 0 Å². The van der Waals surface area contributed by atoms with Crippen LogP contribution in [0.1, 0.15) is 6.92 Å². The maximum atomic E-state index is 3.45. The first-order valence-corrected chi connectivity index (χ1v) is 4.62. The third kappa shape index (κ3) is 1.41. The molecule has 3 N–H and O–H groups in total. The third-order valence-electron chi connectivity index (χ3n) is 2.32. The van der Waals surface area contributed by atoms with Gasteiger partial charge in [0.15, 0.2) is 0 Å². The predicted octanol–water partition coefficient (Wildman–Crippen LogP) is 1.95. The fourth-order valence-electron chi connectivity index (χ4n) is 1.62. The van der Waals surface area contributed by atoms with Gasteiger partial charge in [0.2, 0.25) is 0 Å². The van der Waals surface area contributed by atoms with E-state index < -0.39 is 0 Å². The number of hydrogen-bond acceptors (Lipinski definition) is 3. The van der Waals surface area contributed by atoms with E-state index in [1.807, 2.05) is 7.05 Å². The summed E-state index contributed by atoms with van der Waals surface area (Å²) in [7, 11) is 1.94. The Morgan fingerprint density at radius 1 is 1.46 bits per heavy atom. The fourth-order valence-corrected chi connectivity index (χ4v) is 1.62. The summed E-state index contributed by atoms with van der Waals surface area (Å²) in [6.07, 6.45) is 0. The second kappa shape index (κ2) is 3.17. The quantitative estimate of drug-likeness (QED) is 0.613. The van der Waals surface area contributed by atoms with Gasteiger partial charge < -0.3 is 16.0 Å². The second-order valence-electron chi connectivity index (χ2n) is 3.40. The van der Waals surface area contributed by atoms with Crippen LogP contribution in [-0.2, 0) is 0 Å². The molecule has 0 fully saturated rings. The first-order valence-electron chi connectivity index (χ1n) is 4.62. The Balaban J connectivity index is 2.41. The molecule has 1 aliphatic heterocycles. The van der Waals surface area contributed by atoms with Gasteiger partial charge in [-0.05, 0) is 19.1 Å². The lowest BCUT2D eigenvalue weighted by molar-refractivity contribution is 0.818. The highest BCUT2D eigenvalue weighted by Crippen LogP contribution is 2.33. The number of anilines is 3. The van der Waals surface area contributed by atoms with E-state index in [9.17, 15) is 0 Å². The Bertz CT molecular complexity index is 295. The second-order valence-corrected chi connectivity index (χ2v) is 3.40. The zero-order chi connectivity index (χ0) is 9.26. The number of benzene rings is 1. The van der Waals surface area contributed by atoms with Crippen LogP contribution in [0.15, 0.2) is 18.2 Å². The van der Waals surface area contributed by atoms with E-state index in [4.69, 9.17) is 0 Å². The predicted molar refractivity (Wildman–Crippen MR) is 57.6 cm³/mol. The van der Waals surface area contributed by atoms with Gasteiger partial charge in [-0.3, -0.25) is 0 Å². The molecule has 0 amide bonds. The van der Waals surface area contributed by atoms with Crippen molar-refractivity contribution in [2.24, 2.45) is 0 Å². The first kappa shape index (κ1) is 8.23. The molecule has 0 radical (unpaired) electrons. The summed E-state index contributed by atoms with van der Waals surface area (Å²) in [5.41, 5.74) is 3.52. The van der Waals surface area contributed by atoms with Crippen molar-refractivity contribution >= 4 is 17.1 Å². The number of hydrogen-bond donors (Lipinski definition) is 3. The maximum Gasteiger partial charge on any atom is 0.0814 e. The average molecular weight is 177 g/mol.